The molecular formula is C12H25N. The Morgan fingerprint density at radius 1 is 1.23 bits per heavy atom. The number of rotatable bonds is 5. The highest BCUT2D eigenvalue weighted by Crippen LogP contribution is 2.32. The second-order valence-corrected chi connectivity index (χ2v) is 4.69. The molecule has 1 aliphatic heterocycles. The Bertz CT molecular complexity index is 144. The fourth-order valence-corrected chi connectivity index (χ4v) is 2.63. The van der Waals surface area contributed by atoms with Crippen LogP contribution in [0.25, 0.3) is 0 Å². The zero-order valence-electron chi connectivity index (χ0n) is 9.60. The standard InChI is InChI=1S/C12H25N/c1-4-6-10-13-11-7-9-12(13,3)8-5-2/h4-11H2,1-3H3. The molecule has 1 nitrogen and oxygen atoms in total. The summed E-state index contributed by atoms with van der Waals surface area (Å²) < 4.78 is 0. The van der Waals surface area contributed by atoms with Gasteiger partial charge in [0, 0.05) is 5.54 Å². The molecule has 0 amide bonds. The SMILES string of the molecule is CCCCN1CCCC1(C)CCC. The first kappa shape index (κ1) is 11.0. The molecule has 1 unspecified atom stereocenters. The summed E-state index contributed by atoms with van der Waals surface area (Å²) in [7, 11) is 0. The van der Waals surface area contributed by atoms with Crippen molar-refractivity contribution in [2.24, 2.45) is 0 Å². The molecule has 1 saturated heterocycles. The summed E-state index contributed by atoms with van der Waals surface area (Å²) in [5.41, 5.74) is 0.546. The topological polar surface area (TPSA) is 3.24 Å². The molecule has 1 fully saturated rings. The van der Waals surface area contributed by atoms with Crippen molar-refractivity contribution in [3.63, 3.8) is 0 Å². The highest BCUT2D eigenvalue weighted by Gasteiger charge is 2.34. The third-order valence-corrected chi connectivity index (χ3v) is 3.48. The average Bonchev–Trinajstić information content (AvgIpc) is 2.44. The molecule has 0 aromatic carbocycles. The Labute approximate surface area is 83.5 Å². The van der Waals surface area contributed by atoms with Gasteiger partial charge in [0.15, 0.2) is 0 Å². The third-order valence-electron chi connectivity index (χ3n) is 3.48. The van der Waals surface area contributed by atoms with Gasteiger partial charge in [-0.2, -0.15) is 0 Å². The Kier molecular flexibility index (Phi) is 4.24. The molecule has 1 rings (SSSR count). The van der Waals surface area contributed by atoms with Crippen molar-refractivity contribution in [3.8, 4) is 0 Å². The van der Waals surface area contributed by atoms with E-state index in [1.165, 1.54) is 51.6 Å². The Balaban J connectivity index is 2.42. The highest BCUT2D eigenvalue weighted by atomic mass is 15.2. The van der Waals surface area contributed by atoms with Crippen LogP contribution in [0.5, 0.6) is 0 Å². The Hall–Kier alpha value is -0.0400. The van der Waals surface area contributed by atoms with Gasteiger partial charge in [-0.3, -0.25) is 4.90 Å². The van der Waals surface area contributed by atoms with Crippen LogP contribution in [0.15, 0.2) is 0 Å². The van der Waals surface area contributed by atoms with Crippen molar-refractivity contribution in [2.45, 2.75) is 64.8 Å². The molecular weight excluding hydrogens is 158 g/mol. The maximum absolute atomic E-state index is 2.72. The van der Waals surface area contributed by atoms with Gasteiger partial charge < -0.3 is 0 Å². The smallest absolute Gasteiger partial charge is 0.0181 e. The molecule has 0 aromatic rings. The minimum atomic E-state index is 0.546. The maximum atomic E-state index is 2.72. The van der Waals surface area contributed by atoms with E-state index < -0.39 is 0 Å². The molecule has 0 bridgehead atoms. The summed E-state index contributed by atoms with van der Waals surface area (Å²) in [5.74, 6) is 0. The lowest BCUT2D eigenvalue weighted by atomic mass is 9.93. The van der Waals surface area contributed by atoms with Gasteiger partial charge in [0.05, 0.1) is 0 Å². The van der Waals surface area contributed by atoms with Crippen LogP contribution in [-0.4, -0.2) is 23.5 Å². The van der Waals surface area contributed by atoms with Crippen LogP contribution in [0.1, 0.15) is 59.3 Å². The molecule has 0 radical (unpaired) electrons. The van der Waals surface area contributed by atoms with E-state index >= 15 is 0 Å². The number of hydrogen-bond acceptors (Lipinski definition) is 1. The fraction of sp³-hybridized carbons (Fsp3) is 1.00. The summed E-state index contributed by atoms with van der Waals surface area (Å²) in [6.07, 6.45) is 8.26. The van der Waals surface area contributed by atoms with Crippen LogP contribution in [0.2, 0.25) is 0 Å². The van der Waals surface area contributed by atoms with Gasteiger partial charge in [-0.25, -0.2) is 0 Å². The Morgan fingerprint density at radius 3 is 2.62 bits per heavy atom. The fourth-order valence-electron chi connectivity index (χ4n) is 2.63. The first-order valence-electron chi connectivity index (χ1n) is 5.98. The van der Waals surface area contributed by atoms with Crippen LogP contribution in [-0.2, 0) is 0 Å². The minimum Gasteiger partial charge on any atom is -0.298 e. The van der Waals surface area contributed by atoms with E-state index in [0.717, 1.165) is 0 Å². The molecule has 78 valence electrons. The van der Waals surface area contributed by atoms with Gasteiger partial charge >= 0.3 is 0 Å². The minimum absolute atomic E-state index is 0.546. The first-order chi connectivity index (χ1) is 6.23. The van der Waals surface area contributed by atoms with Gasteiger partial charge in [-0.15, -0.1) is 0 Å². The molecule has 0 N–H and O–H groups in total. The van der Waals surface area contributed by atoms with Gasteiger partial charge in [-0.1, -0.05) is 26.7 Å². The number of hydrogen-bond donors (Lipinski definition) is 0. The lowest BCUT2D eigenvalue weighted by Gasteiger charge is -2.35. The van der Waals surface area contributed by atoms with Crippen LogP contribution >= 0.6 is 0 Å². The molecule has 1 heterocycles. The Morgan fingerprint density at radius 2 is 2.00 bits per heavy atom. The van der Waals surface area contributed by atoms with Crippen molar-refractivity contribution in [1.29, 1.82) is 0 Å². The number of unbranched alkanes of at least 4 members (excludes halogenated alkanes) is 1. The number of likely N-dealkylation sites (tertiary alicyclic amines) is 1. The van der Waals surface area contributed by atoms with E-state index in [4.69, 9.17) is 0 Å². The lowest BCUT2D eigenvalue weighted by Crippen LogP contribution is -2.41. The summed E-state index contributed by atoms with van der Waals surface area (Å²) in [6, 6.07) is 0. The van der Waals surface area contributed by atoms with Gasteiger partial charge in [0.1, 0.15) is 0 Å². The quantitative estimate of drug-likeness (QED) is 0.631. The van der Waals surface area contributed by atoms with Crippen LogP contribution in [0.4, 0.5) is 0 Å². The van der Waals surface area contributed by atoms with Gasteiger partial charge in [-0.05, 0) is 45.7 Å². The largest absolute Gasteiger partial charge is 0.298 e. The third kappa shape index (κ3) is 2.70. The molecule has 0 aliphatic carbocycles. The first-order valence-corrected chi connectivity index (χ1v) is 5.98. The molecule has 1 atom stereocenters. The van der Waals surface area contributed by atoms with E-state index in [0.29, 0.717) is 5.54 Å². The second-order valence-electron chi connectivity index (χ2n) is 4.69. The van der Waals surface area contributed by atoms with Crippen molar-refractivity contribution >= 4 is 0 Å². The zero-order valence-corrected chi connectivity index (χ0v) is 9.60. The number of nitrogens with zero attached hydrogens (tertiary/aromatic N) is 1. The van der Waals surface area contributed by atoms with Crippen molar-refractivity contribution in [1.82, 2.24) is 4.90 Å². The second kappa shape index (κ2) is 4.99. The summed E-state index contributed by atoms with van der Waals surface area (Å²) in [5, 5.41) is 0. The van der Waals surface area contributed by atoms with E-state index in [-0.39, 0.29) is 0 Å². The normalized spacial score (nSPS) is 29.8. The highest BCUT2D eigenvalue weighted by molar-refractivity contribution is 4.91. The molecule has 1 heteroatoms. The van der Waals surface area contributed by atoms with E-state index in [1.54, 1.807) is 0 Å². The predicted octanol–water partition coefficient (Wildman–Crippen LogP) is 3.44. The van der Waals surface area contributed by atoms with Crippen LogP contribution in [0.3, 0.4) is 0 Å². The van der Waals surface area contributed by atoms with E-state index in [1.807, 2.05) is 0 Å². The van der Waals surface area contributed by atoms with Crippen molar-refractivity contribution in [2.75, 3.05) is 13.1 Å². The predicted molar refractivity (Wildman–Crippen MR) is 59.0 cm³/mol. The summed E-state index contributed by atoms with van der Waals surface area (Å²) >= 11 is 0. The zero-order chi connectivity index (χ0) is 9.73. The molecule has 0 aromatic heterocycles. The molecule has 1 aliphatic rings. The van der Waals surface area contributed by atoms with Crippen molar-refractivity contribution in [3.05, 3.63) is 0 Å². The molecule has 0 saturated carbocycles. The van der Waals surface area contributed by atoms with Crippen LogP contribution < -0.4 is 0 Å². The van der Waals surface area contributed by atoms with E-state index in [9.17, 15) is 0 Å². The average molecular weight is 183 g/mol. The van der Waals surface area contributed by atoms with Crippen LogP contribution in [0, 0.1) is 0 Å². The molecule has 0 spiro atoms. The monoisotopic (exact) mass is 183 g/mol. The summed E-state index contributed by atoms with van der Waals surface area (Å²) in [4.78, 5) is 2.72. The van der Waals surface area contributed by atoms with Gasteiger partial charge in [0.25, 0.3) is 0 Å². The van der Waals surface area contributed by atoms with Gasteiger partial charge in [0.2, 0.25) is 0 Å². The lowest BCUT2D eigenvalue weighted by molar-refractivity contribution is 0.142. The maximum Gasteiger partial charge on any atom is 0.0181 e. The molecule has 13 heavy (non-hydrogen) atoms. The van der Waals surface area contributed by atoms with Crippen molar-refractivity contribution < 1.29 is 0 Å². The van der Waals surface area contributed by atoms with E-state index in [2.05, 4.69) is 25.7 Å². The summed E-state index contributed by atoms with van der Waals surface area (Å²) in [6.45, 7) is 9.72.